The molecule has 0 radical (unpaired) electrons. The number of rotatable bonds is 6. The smallest absolute Gasteiger partial charge is 0.349 e. The highest BCUT2D eigenvalue weighted by Crippen LogP contribution is 2.54. The Labute approximate surface area is 208 Å². The largest absolute Gasteiger partial charge is 0.430 e. The van der Waals surface area contributed by atoms with E-state index in [2.05, 4.69) is 10.1 Å². The van der Waals surface area contributed by atoms with Gasteiger partial charge < -0.3 is 10.1 Å². The lowest BCUT2D eigenvalue weighted by Crippen LogP contribution is -2.55. The van der Waals surface area contributed by atoms with Crippen LogP contribution in [0.4, 0.5) is 35.1 Å². The van der Waals surface area contributed by atoms with E-state index in [4.69, 9.17) is 0 Å². The summed E-state index contributed by atoms with van der Waals surface area (Å²) in [4.78, 5) is 0. The molecule has 0 aliphatic carbocycles. The molecular formula is C27H23F8NO. The Kier molecular flexibility index (Phi) is 7.11. The molecule has 0 saturated carbocycles. The Hall–Kier alpha value is -2.98. The van der Waals surface area contributed by atoms with E-state index in [1.807, 2.05) is 37.3 Å². The van der Waals surface area contributed by atoms with Gasteiger partial charge in [0.05, 0.1) is 6.61 Å². The average Bonchev–Trinajstić information content (AvgIpc) is 3.23. The summed E-state index contributed by atoms with van der Waals surface area (Å²) in [5, 5.41) is 3.25. The van der Waals surface area contributed by atoms with Gasteiger partial charge in [-0.25, -0.2) is 8.78 Å². The Morgan fingerprint density at radius 3 is 1.92 bits per heavy atom. The number of ether oxygens (including phenoxy) is 1. The van der Waals surface area contributed by atoms with Gasteiger partial charge in [0.15, 0.2) is 0 Å². The fourth-order valence-electron chi connectivity index (χ4n) is 4.97. The molecule has 0 bridgehead atoms. The summed E-state index contributed by atoms with van der Waals surface area (Å²) in [6.07, 6.45) is -12.0. The first kappa shape index (κ1) is 27.1. The molecule has 10 heteroatoms. The number of hydrogen-bond acceptors (Lipinski definition) is 2. The van der Waals surface area contributed by atoms with Crippen molar-refractivity contribution < 1.29 is 39.9 Å². The van der Waals surface area contributed by atoms with Crippen molar-refractivity contribution in [2.45, 2.75) is 42.8 Å². The van der Waals surface area contributed by atoms with Crippen LogP contribution in [0.1, 0.15) is 35.1 Å². The molecule has 0 aromatic heterocycles. The molecule has 1 heterocycles. The number of halogens is 8. The van der Waals surface area contributed by atoms with Gasteiger partial charge in [-0.3, -0.25) is 0 Å². The van der Waals surface area contributed by atoms with Crippen LogP contribution in [0.15, 0.2) is 72.8 Å². The summed E-state index contributed by atoms with van der Waals surface area (Å²) in [6, 6.07) is 15.7. The molecule has 1 saturated heterocycles. The summed E-state index contributed by atoms with van der Waals surface area (Å²) in [5.74, 6) is -2.87. The summed E-state index contributed by atoms with van der Waals surface area (Å²) in [5.41, 5.74) is -6.01. The zero-order valence-corrected chi connectivity index (χ0v) is 19.6. The van der Waals surface area contributed by atoms with Crippen molar-refractivity contribution in [3.63, 3.8) is 0 Å². The van der Waals surface area contributed by atoms with Crippen molar-refractivity contribution in [3.8, 4) is 0 Å². The summed E-state index contributed by atoms with van der Waals surface area (Å²) >= 11 is 0. The Morgan fingerprint density at radius 1 is 0.811 bits per heavy atom. The monoisotopic (exact) mass is 529 g/mol. The molecule has 0 amide bonds. The maximum Gasteiger partial charge on any atom is 0.430 e. The van der Waals surface area contributed by atoms with Gasteiger partial charge in [-0.1, -0.05) is 67.6 Å². The predicted molar refractivity (Wildman–Crippen MR) is 121 cm³/mol. The van der Waals surface area contributed by atoms with E-state index in [1.54, 1.807) is 0 Å². The molecule has 4 rings (SSSR count). The maximum atomic E-state index is 14.2. The van der Waals surface area contributed by atoms with Crippen LogP contribution < -0.4 is 5.32 Å². The molecular weight excluding hydrogens is 506 g/mol. The van der Waals surface area contributed by atoms with Crippen molar-refractivity contribution in [2.75, 3.05) is 13.1 Å². The van der Waals surface area contributed by atoms with E-state index in [0.717, 1.165) is 35.9 Å². The van der Waals surface area contributed by atoms with Gasteiger partial charge in [0.2, 0.25) is 0 Å². The van der Waals surface area contributed by atoms with Crippen LogP contribution in [0, 0.1) is 11.6 Å². The molecule has 1 aliphatic rings. The predicted octanol–water partition coefficient (Wildman–Crippen LogP) is 7.15. The molecule has 3 aromatic rings. The fraction of sp³-hybridized carbons (Fsp3) is 0.333. The van der Waals surface area contributed by atoms with Crippen LogP contribution in [0.2, 0.25) is 0 Å². The molecule has 1 aliphatic heterocycles. The van der Waals surface area contributed by atoms with Crippen molar-refractivity contribution in [1.82, 2.24) is 5.32 Å². The first-order valence-corrected chi connectivity index (χ1v) is 11.4. The fourth-order valence-corrected chi connectivity index (χ4v) is 4.97. The van der Waals surface area contributed by atoms with Crippen LogP contribution in [-0.2, 0) is 22.4 Å². The number of benzene rings is 3. The Morgan fingerprint density at radius 2 is 1.38 bits per heavy atom. The van der Waals surface area contributed by atoms with Gasteiger partial charge >= 0.3 is 12.4 Å². The van der Waals surface area contributed by atoms with Crippen LogP contribution in [-0.4, -0.2) is 25.4 Å². The first-order valence-electron chi connectivity index (χ1n) is 11.4. The minimum Gasteiger partial charge on any atom is -0.349 e. The van der Waals surface area contributed by atoms with Crippen molar-refractivity contribution >= 4 is 0 Å². The normalized spacial score (nSPS) is 20.8. The lowest BCUT2D eigenvalue weighted by atomic mass is 9.71. The third-order valence-electron chi connectivity index (χ3n) is 7.06. The maximum absolute atomic E-state index is 14.2. The van der Waals surface area contributed by atoms with E-state index in [-0.39, 0.29) is 5.92 Å². The lowest BCUT2D eigenvalue weighted by Gasteiger charge is -2.38. The van der Waals surface area contributed by atoms with Crippen LogP contribution in [0.5, 0.6) is 0 Å². The van der Waals surface area contributed by atoms with Crippen molar-refractivity contribution in [2.24, 2.45) is 0 Å². The van der Waals surface area contributed by atoms with Gasteiger partial charge in [0, 0.05) is 35.5 Å². The Bertz CT molecular complexity index is 1190. The number of hydrogen-bond donors (Lipinski definition) is 1. The van der Waals surface area contributed by atoms with Gasteiger partial charge in [-0.2, -0.15) is 26.3 Å². The summed E-state index contributed by atoms with van der Waals surface area (Å²) in [7, 11) is 0. The van der Waals surface area contributed by atoms with Gasteiger partial charge in [-0.05, 0) is 23.3 Å². The van der Waals surface area contributed by atoms with E-state index >= 15 is 0 Å². The first-order chi connectivity index (χ1) is 17.3. The molecule has 37 heavy (non-hydrogen) atoms. The molecule has 2 nitrogen and oxygen atoms in total. The van der Waals surface area contributed by atoms with Gasteiger partial charge in [0.25, 0.3) is 5.60 Å². The molecule has 1 N–H and O–H groups in total. The second kappa shape index (κ2) is 9.72. The molecule has 0 spiro atoms. The van der Waals surface area contributed by atoms with Gasteiger partial charge in [0.1, 0.15) is 11.6 Å². The highest BCUT2D eigenvalue weighted by Gasteiger charge is 2.73. The van der Waals surface area contributed by atoms with Gasteiger partial charge in [-0.15, -0.1) is 0 Å². The second-order valence-electron chi connectivity index (χ2n) is 9.25. The van der Waals surface area contributed by atoms with Crippen molar-refractivity contribution in [3.05, 3.63) is 107 Å². The lowest BCUT2D eigenvalue weighted by molar-refractivity contribution is -0.392. The number of nitrogens with one attached hydrogen (secondary N) is 1. The van der Waals surface area contributed by atoms with E-state index in [9.17, 15) is 35.1 Å². The SMILES string of the molecule is C[C@]1(c2ccccc2)CNC[C@H]1c1ccc(C(OCc2c(F)cccc2F)(C(F)(F)F)C(F)(F)F)cc1. The number of alkyl halides is 6. The third kappa shape index (κ3) is 4.72. The highest BCUT2D eigenvalue weighted by molar-refractivity contribution is 5.39. The zero-order chi connectivity index (χ0) is 27.1. The molecule has 3 aromatic carbocycles. The van der Waals surface area contributed by atoms with E-state index in [1.165, 1.54) is 12.1 Å². The van der Waals surface area contributed by atoms with E-state index < -0.39 is 52.7 Å². The van der Waals surface area contributed by atoms with Crippen LogP contribution in [0.3, 0.4) is 0 Å². The van der Waals surface area contributed by atoms with Crippen molar-refractivity contribution in [1.29, 1.82) is 0 Å². The topological polar surface area (TPSA) is 21.3 Å². The third-order valence-corrected chi connectivity index (χ3v) is 7.06. The van der Waals surface area contributed by atoms with E-state index in [0.29, 0.717) is 18.7 Å². The molecule has 0 unspecified atom stereocenters. The average molecular weight is 529 g/mol. The zero-order valence-electron chi connectivity index (χ0n) is 19.6. The quantitative estimate of drug-likeness (QED) is 0.343. The highest BCUT2D eigenvalue weighted by atomic mass is 19.4. The Balaban J connectivity index is 1.74. The van der Waals surface area contributed by atoms with Crippen LogP contribution in [0.25, 0.3) is 0 Å². The van der Waals surface area contributed by atoms with Crippen LogP contribution >= 0.6 is 0 Å². The standard InChI is InChI=1S/C27H23F8NO/c1-24(18-6-3-2-4-7-18)16-36-14-21(24)17-10-12-19(13-11-17)25(26(30,31)32,27(33,34)35)37-15-20-22(28)8-5-9-23(20)29/h2-13,21,36H,14-16H2,1H3/t21-,24+/m0/s1. The second-order valence-corrected chi connectivity index (χ2v) is 9.25. The summed E-state index contributed by atoms with van der Waals surface area (Å²) < 4.78 is 117. The minimum absolute atomic E-state index is 0.233. The summed E-state index contributed by atoms with van der Waals surface area (Å²) in [6.45, 7) is 1.42. The minimum atomic E-state index is -5.98. The molecule has 198 valence electrons. The molecule has 2 atom stereocenters. The molecule has 1 fully saturated rings.